The molecule has 0 spiro atoms. The van der Waals surface area contributed by atoms with Gasteiger partial charge in [-0.1, -0.05) is 17.5 Å². The predicted molar refractivity (Wildman–Crippen MR) is 41.1 cm³/mol. The molecule has 0 amide bonds. The molecule has 1 rings (SSSR count). The Morgan fingerprint density at radius 2 is 2.20 bits per heavy atom. The van der Waals surface area contributed by atoms with E-state index in [1.165, 1.54) is 6.07 Å². The van der Waals surface area contributed by atoms with E-state index in [-0.39, 0.29) is 5.75 Å². The summed E-state index contributed by atoms with van der Waals surface area (Å²) in [4.78, 5) is 0. The van der Waals surface area contributed by atoms with Gasteiger partial charge in [-0.2, -0.15) is 0 Å². The van der Waals surface area contributed by atoms with E-state index < -0.39 is 0 Å². The number of hydrogen-bond acceptors (Lipinski definition) is 1. The molecule has 0 aromatic heterocycles. The molecule has 10 heavy (non-hydrogen) atoms. The van der Waals surface area contributed by atoms with E-state index in [1.54, 1.807) is 12.1 Å². The Balaban J connectivity index is 3.23. The average Bonchev–Trinajstić information content (AvgIpc) is 1.88. The number of halogens is 1. The van der Waals surface area contributed by atoms with Gasteiger partial charge < -0.3 is 5.11 Å². The van der Waals surface area contributed by atoms with Gasteiger partial charge in [0, 0.05) is 5.02 Å². The van der Waals surface area contributed by atoms with E-state index in [9.17, 15) is 0 Å². The molecule has 0 saturated heterocycles. The molecule has 0 bridgehead atoms. The highest BCUT2D eigenvalue weighted by atomic mass is 35.5. The number of benzene rings is 1. The van der Waals surface area contributed by atoms with E-state index in [2.05, 4.69) is 5.92 Å². The summed E-state index contributed by atoms with van der Waals surface area (Å²) in [7, 11) is 0. The van der Waals surface area contributed by atoms with Crippen molar-refractivity contribution in [1.82, 2.24) is 0 Å². The quantitative estimate of drug-likeness (QED) is 0.564. The van der Waals surface area contributed by atoms with Crippen LogP contribution in [-0.2, 0) is 0 Å². The summed E-state index contributed by atoms with van der Waals surface area (Å²) in [5.41, 5.74) is 0.462. The molecule has 0 fully saturated rings. The van der Waals surface area contributed by atoms with E-state index in [0.29, 0.717) is 10.6 Å². The maximum atomic E-state index is 9.06. The third-order valence-corrected chi connectivity index (χ3v) is 1.35. The van der Waals surface area contributed by atoms with Gasteiger partial charge in [-0.15, -0.1) is 6.42 Å². The first kappa shape index (κ1) is 6.98. The fourth-order valence-corrected chi connectivity index (χ4v) is 0.793. The summed E-state index contributed by atoms with van der Waals surface area (Å²) < 4.78 is 0. The third-order valence-electron chi connectivity index (χ3n) is 1.12. The van der Waals surface area contributed by atoms with Crippen LogP contribution < -0.4 is 0 Å². The molecular formula is C8H5ClO. The first-order valence-electron chi connectivity index (χ1n) is 2.69. The molecule has 0 aliphatic carbocycles. The number of terminal acetylenes is 1. The van der Waals surface area contributed by atoms with Crippen LogP contribution in [0.3, 0.4) is 0 Å². The molecule has 0 radical (unpaired) electrons. The van der Waals surface area contributed by atoms with Crippen LogP contribution in [0.4, 0.5) is 0 Å². The minimum absolute atomic E-state index is 0.0509. The molecule has 1 N–H and O–H groups in total. The number of phenols is 1. The van der Waals surface area contributed by atoms with Gasteiger partial charge >= 0.3 is 0 Å². The van der Waals surface area contributed by atoms with Crippen LogP contribution in [0, 0.1) is 12.3 Å². The SMILES string of the molecule is C#Cc1ccc(Cl)cc1O. The van der Waals surface area contributed by atoms with Crippen LogP contribution in [0.5, 0.6) is 5.75 Å². The van der Waals surface area contributed by atoms with Crippen LogP contribution >= 0.6 is 11.6 Å². The van der Waals surface area contributed by atoms with Crippen molar-refractivity contribution in [2.45, 2.75) is 0 Å². The summed E-state index contributed by atoms with van der Waals surface area (Å²) in [6.45, 7) is 0. The second-order valence-corrected chi connectivity index (χ2v) is 2.24. The lowest BCUT2D eigenvalue weighted by atomic mass is 10.2. The van der Waals surface area contributed by atoms with Gasteiger partial charge in [-0.05, 0) is 18.2 Å². The monoisotopic (exact) mass is 152 g/mol. The predicted octanol–water partition coefficient (Wildman–Crippen LogP) is 2.03. The fraction of sp³-hybridized carbons (Fsp3) is 0. The number of hydrogen-bond donors (Lipinski definition) is 1. The van der Waals surface area contributed by atoms with Crippen LogP contribution in [-0.4, -0.2) is 5.11 Å². The van der Waals surface area contributed by atoms with Crippen LogP contribution in [0.1, 0.15) is 5.56 Å². The minimum atomic E-state index is 0.0509. The fourth-order valence-electron chi connectivity index (χ4n) is 0.627. The normalized spacial score (nSPS) is 8.80. The van der Waals surface area contributed by atoms with Crippen LogP contribution in [0.2, 0.25) is 5.02 Å². The molecule has 0 saturated carbocycles. The summed E-state index contributed by atoms with van der Waals surface area (Å²) >= 11 is 5.55. The molecule has 0 aliphatic heterocycles. The zero-order valence-corrected chi connectivity index (χ0v) is 5.89. The zero-order chi connectivity index (χ0) is 7.56. The van der Waals surface area contributed by atoms with Gasteiger partial charge in [0.2, 0.25) is 0 Å². The average molecular weight is 153 g/mol. The van der Waals surface area contributed by atoms with Crippen molar-refractivity contribution in [3.8, 4) is 18.1 Å². The van der Waals surface area contributed by atoms with Gasteiger partial charge in [0.15, 0.2) is 0 Å². The topological polar surface area (TPSA) is 20.2 Å². The lowest BCUT2D eigenvalue weighted by molar-refractivity contribution is 0.474. The highest BCUT2D eigenvalue weighted by Gasteiger charge is 1.96. The first-order chi connectivity index (χ1) is 4.74. The highest BCUT2D eigenvalue weighted by Crippen LogP contribution is 2.20. The summed E-state index contributed by atoms with van der Waals surface area (Å²) in [6.07, 6.45) is 5.05. The van der Waals surface area contributed by atoms with E-state index >= 15 is 0 Å². The highest BCUT2D eigenvalue weighted by molar-refractivity contribution is 6.30. The van der Waals surface area contributed by atoms with Crippen molar-refractivity contribution in [1.29, 1.82) is 0 Å². The minimum Gasteiger partial charge on any atom is -0.507 e. The van der Waals surface area contributed by atoms with Crippen LogP contribution in [0.25, 0.3) is 0 Å². The number of phenolic OH excluding ortho intramolecular Hbond substituents is 1. The van der Waals surface area contributed by atoms with Gasteiger partial charge in [0.1, 0.15) is 5.75 Å². The Morgan fingerprint density at radius 1 is 1.50 bits per heavy atom. The first-order valence-corrected chi connectivity index (χ1v) is 3.07. The Bertz CT molecular complexity index is 286. The van der Waals surface area contributed by atoms with Crippen molar-refractivity contribution in [3.63, 3.8) is 0 Å². The molecular weight excluding hydrogens is 148 g/mol. The van der Waals surface area contributed by atoms with Gasteiger partial charge in [-0.25, -0.2) is 0 Å². The molecule has 0 unspecified atom stereocenters. The van der Waals surface area contributed by atoms with E-state index in [1.807, 2.05) is 0 Å². The van der Waals surface area contributed by atoms with Crippen molar-refractivity contribution in [2.24, 2.45) is 0 Å². The Kier molecular flexibility index (Phi) is 1.84. The number of aromatic hydroxyl groups is 1. The molecule has 0 heterocycles. The zero-order valence-electron chi connectivity index (χ0n) is 5.13. The van der Waals surface area contributed by atoms with Gasteiger partial charge in [0.05, 0.1) is 5.56 Å². The second-order valence-electron chi connectivity index (χ2n) is 1.81. The molecule has 1 aromatic carbocycles. The third kappa shape index (κ3) is 1.23. The summed E-state index contributed by atoms with van der Waals surface area (Å²) in [5, 5.41) is 9.55. The molecule has 0 atom stereocenters. The lowest BCUT2D eigenvalue weighted by Gasteiger charge is -1.95. The summed E-state index contributed by atoms with van der Waals surface area (Å²) in [5.74, 6) is 2.36. The molecule has 1 aromatic rings. The van der Waals surface area contributed by atoms with Crippen molar-refractivity contribution < 1.29 is 5.11 Å². The summed E-state index contributed by atoms with van der Waals surface area (Å²) in [6, 6.07) is 4.64. The van der Waals surface area contributed by atoms with Crippen molar-refractivity contribution in [3.05, 3.63) is 28.8 Å². The Hall–Kier alpha value is -1.13. The smallest absolute Gasteiger partial charge is 0.132 e. The lowest BCUT2D eigenvalue weighted by Crippen LogP contribution is -1.74. The molecule has 1 nitrogen and oxygen atoms in total. The Labute approximate surface area is 64.3 Å². The Morgan fingerprint density at radius 3 is 2.70 bits per heavy atom. The largest absolute Gasteiger partial charge is 0.507 e. The van der Waals surface area contributed by atoms with Crippen molar-refractivity contribution >= 4 is 11.6 Å². The molecule has 0 aliphatic rings. The van der Waals surface area contributed by atoms with E-state index in [4.69, 9.17) is 23.1 Å². The second kappa shape index (κ2) is 2.64. The maximum absolute atomic E-state index is 9.06. The standard InChI is InChI=1S/C8H5ClO/c1-2-6-3-4-7(9)5-8(6)10/h1,3-5,10H. The molecule has 50 valence electrons. The van der Waals surface area contributed by atoms with Crippen LogP contribution in [0.15, 0.2) is 18.2 Å². The van der Waals surface area contributed by atoms with Gasteiger partial charge in [0.25, 0.3) is 0 Å². The van der Waals surface area contributed by atoms with E-state index in [0.717, 1.165) is 0 Å². The molecule has 2 heteroatoms. The maximum Gasteiger partial charge on any atom is 0.132 e. The van der Waals surface area contributed by atoms with Gasteiger partial charge in [-0.3, -0.25) is 0 Å². The van der Waals surface area contributed by atoms with Crippen molar-refractivity contribution in [2.75, 3.05) is 0 Å². The number of rotatable bonds is 0.